The molecule has 0 N–H and O–H groups in total. The van der Waals surface area contributed by atoms with Gasteiger partial charge in [0.1, 0.15) is 11.4 Å². The zero-order valence-corrected chi connectivity index (χ0v) is 15.6. The summed E-state index contributed by atoms with van der Waals surface area (Å²) in [5.74, 6) is 1.63. The summed E-state index contributed by atoms with van der Waals surface area (Å²) in [5.41, 5.74) is 0.249. The highest BCUT2D eigenvalue weighted by Crippen LogP contribution is 2.22. The van der Waals surface area contributed by atoms with Crippen LogP contribution in [0, 0.1) is 6.92 Å². The quantitative estimate of drug-likeness (QED) is 0.830. The van der Waals surface area contributed by atoms with Crippen molar-refractivity contribution >= 4 is 17.6 Å². The van der Waals surface area contributed by atoms with Crippen molar-refractivity contribution in [1.29, 1.82) is 0 Å². The molecule has 1 aliphatic heterocycles. The summed E-state index contributed by atoms with van der Waals surface area (Å²) < 4.78 is 7.24. The Morgan fingerprint density at radius 1 is 1.32 bits per heavy atom. The van der Waals surface area contributed by atoms with Gasteiger partial charge in [0.05, 0.1) is 6.04 Å². The Balaban J connectivity index is 1.73. The van der Waals surface area contributed by atoms with Gasteiger partial charge in [0, 0.05) is 20.1 Å². The fourth-order valence-corrected chi connectivity index (χ4v) is 3.02. The van der Waals surface area contributed by atoms with Crippen LogP contribution in [0.4, 0.5) is 10.6 Å². The summed E-state index contributed by atoms with van der Waals surface area (Å²) in [6.45, 7) is 9.17. The molecule has 1 atom stereocenters. The molecular weight excluding hydrogens is 320 g/mol. The third-order valence-corrected chi connectivity index (χ3v) is 4.35. The first-order valence-corrected chi connectivity index (χ1v) is 8.64. The van der Waals surface area contributed by atoms with E-state index >= 15 is 0 Å². The number of hydrogen-bond acceptors (Lipinski definition) is 6. The van der Waals surface area contributed by atoms with E-state index in [9.17, 15) is 4.79 Å². The summed E-state index contributed by atoms with van der Waals surface area (Å²) in [6.07, 6.45) is 1.68. The van der Waals surface area contributed by atoms with Crippen LogP contribution < -0.4 is 4.90 Å². The smallest absolute Gasteiger partial charge is 0.410 e. The number of ether oxygens (including phenoxy) is 1. The molecule has 8 nitrogen and oxygen atoms in total. The fraction of sp³-hybridized carbons (Fsp3) is 0.647. The number of carbonyl (C=O) groups is 1. The molecule has 1 amide bonds. The standard InChI is InChI=1S/C17H26N6O2/c1-12-18-19-14-8-9-15(20-23(12)14)22-10-6-7-13(11-22)21(5)16(24)25-17(2,3)4/h8-9,13H,6-7,10-11H2,1-5H3. The van der Waals surface area contributed by atoms with Gasteiger partial charge in [-0.2, -0.15) is 4.52 Å². The number of fused-ring (bicyclic) bond motifs is 1. The Bertz CT molecular complexity index is 766. The SMILES string of the molecule is Cc1nnc2ccc(N3CCCC(N(C)C(=O)OC(C)(C)C)C3)nn12. The maximum atomic E-state index is 12.3. The number of aryl methyl sites for hydroxylation is 1. The minimum Gasteiger partial charge on any atom is -0.444 e. The van der Waals surface area contributed by atoms with Crippen molar-refractivity contribution in [3.8, 4) is 0 Å². The van der Waals surface area contributed by atoms with E-state index in [-0.39, 0.29) is 12.1 Å². The number of hydrogen-bond donors (Lipinski definition) is 0. The number of piperidine rings is 1. The third-order valence-electron chi connectivity index (χ3n) is 4.35. The van der Waals surface area contributed by atoms with E-state index in [1.165, 1.54) is 0 Å². The molecule has 0 saturated carbocycles. The van der Waals surface area contributed by atoms with E-state index in [1.54, 1.807) is 9.42 Å². The first kappa shape index (κ1) is 17.4. The van der Waals surface area contributed by atoms with Gasteiger partial charge in [-0.1, -0.05) is 0 Å². The van der Waals surface area contributed by atoms with Crippen molar-refractivity contribution in [2.75, 3.05) is 25.0 Å². The van der Waals surface area contributed by atoms with Gasteiger partial charge in [-0.15, -0.1) is 15.3 Å². The number of nitrogens with zero attached hydrogens (tertiary/aromatic N) is 6. The third kappa shape index (κ3) is 3.83. The van der Waals surface area contributed by atoms with Gasteiger partial charge >= 0.3 is 6.09 Å². The molecule has 1 aliphatic rings. The van der Waals surface area contributed by atoms with Crippen LogP contribution in [-0.4, -0.2) is 62.6 Å². The van der Waals surface area contributed by atoms with Crippen LogP contribution in [0.2, 0.25) is 0 Å². The number of aromatic nitrogens is 4. The van der Waals surface area contributed by atoms with E-state index in [2.05, 4.69) is 20.2 Å². The topological polar surface area (TPSA) is 75.9 Å². The molecule has 136 valence electrons. The Kier molecular flexibility index (Phi) is 4.53. The van der Waals surface area contributed by atoms with Gasteiger partial charge in [0.15, 0.2) is 11.5 Å². The molecule has 3 heterocycles. The predicted molar refractivity (Wildman–Crippen MR) is 94.8 cm³/mol. The highest BCUT2D eigenvalue weighted by atomic mass is 16.6. The Morgan fingerprint density at radius 2 is 2.08 bits per heavy atom. The minimum atomic E-state index is -0.488. The molecular formula is C17H26N6O2. The molecule has 1 unspecified atom stereocenters. The van der Waals surface area contributed by atoms with Crippen LogP contribution in [0.15, 0.2) is 12.1 Å². The Morgan fingerprint density at radius 3 is 2.80 bits per heavy atom. The molecule has 0 spiro atoms. The average molecular weight is 346 g/mol. The van der Waals surface area contributed by atoms with Gasteiger partial charge in [0.2, 0.25) is 0 Å². The lowest BCUT2D eigenvalue weighted by Gasteiger charge is -2.38. The molecule has 0 bridgehead atoms. The van der Waals surface area contributed by atoms with E-state index in [0.717, 1.165) is 43.2 Å². The molecule has 2 aromatic heterocycles. The molecule has 8 heteroatoms. The van der Waals surface area contributed by atoms with Crippen LogP contribution in [0.5, 0.6) is 0 Å². The minimum absolute atomic E-state index is 0.100. The van der Waals surface area contributed by atoms with Gasteiger partial charge in [-0.25, -0.2) is 4.79 Å². The zero-order valence-electron chi connectivity index (χ0n) is 15.6. The molecule has 0 aromatic carbocycles. The molecule has 0 radical (unpaired) electrons. The number of likely N-dealkylation sites (N-methyl/N-ethyl adjacent to an activating group) is 1. The molecule has 0 aliphatic carbocycles. The first-order valence-electron chi connectivity index (χ1n) is 8.64. The van der Waals surface area contributed by atoms with Crippen LogP contribution in [0.25, 0.3) is 5.65 Å². The van der Waals surface area contributed by atoms with Crippen molar-refractivity contribution in [2.24, 2.45) is 0 Å². The maximum Gasteiger partial charge on any atom is 0.410 e. The summed E-state index contributed by atoms with van der Waals surface area (Å²) in [4.78, 5) is 16.2. The van der Waals surface area contributed by atoms with Crippen molar-refractivity contribution in [3.05, 3.63) is 18.0 Å². The second-order valence-corrected chi connectivity index (χ2v) is 7.54. The lowest BCUT2D eigenvalue weighted by Crippen LogP contribution is -2.50. The van der Waals surface area contributed by atoms with Crippen LogP contribution in [0.1, 0.15) is 39.4 Å². The summed E-state index contributed by atoms with van der Waals surface area (Å²) in [5, 5.41) is 12.8. The Labute approximate surface area is 147 Å². The van der Waals surface area contributed by atoms with E-state index in [4.69, 9.17) is 4.74 Å². The number of anilines is 1. The molecule has 1 saturated heterocycles. The second kappa shape index (κ2) is 6.50. The molecule has 1 fully saturated rings. The summed E-state index contributed by atoms with van der Waals surface area (Å²) in [6, 6.07) is 3.98. The zero-order chi connectivity index (χ0) is 18.2. The normalized spacial score (nSPS) is 18.4. The number of rotatable bonds is 2. The first-order chi connectivity index (χ1) is 11.7. The lowest BCUT2D eigenvalue weighted by molar-refractivity contribution is 0.0209. The lowest BCUT2D eigenvalue weighted by atomic mass is 10.0. The van der Waals surface area contributed by atoms with Gasteiger partial charge in [-0.05, 0) is 52.7 Å². The van der Waals surface area contributed by atoms with Crippen molar-refractivity contribution in [1.82, 2.24) is 24.7 Å². The van der Waals surface area contributed by atoms with Gasteiger partial charge in [-0.3, -0.25) is 0 Å². The van der Waals surface area contributed by atoms with Crippen molar-refractivity contribution < 1.29 is 9.53 Å². The molecule has 25 heavy (non-hydrogen) atoms. The molecule has 2 aromatic rings. The van der Waals surface area contributed by atoms with E-state index in [0.29, 0.717) is 0 Å². The van der Waals surface area contributed by atoms with Gasteiger partial charge in [0.25, 0.3) is 0 Å². The Hall–Kier alpha value is -2.38. The van der Waals surface area contributed by atoms with E-state index in [1.807, 2.05) is 46.9 Å². The molecule has 3 rings (SSSR count). The monoisotopic (exact) mass is 346 g/mol. The fourth-order valence-electron chi connectivity index (χ4n) is 3.02. The van der Waals surface area contributed by atoms with Gasteiger partial charge < -0.3 is 14.5 Å². The number of carbonyl (C=O) groups excluding carboxylic acids is 1. The van der Waals surface area contributed by atoms with Crippen LogP contribution in [0.3, 0.4) is 0 Å². The van der Waals surface area contributed by atoms with E-state index < -0.39 is 5.60 Å². The van der Waals surface area contributed by atoms with Crippen molar-refractivity contribution in [2.45, 2.75) is 52.2 Å². The predicted octanol–water partition coefficient (Wildman–Crippen LogP) is 2.27. The highest BCUT2D eigenvalue weighted by molar-refractivity contribution is 5.68. The maximum absolute atomic E-state index is 12.3. The summed E-state index contributed by atoms with van der Waals surface area (Å²) >= 11 is 0. The van der Waals surface area contributed by atoms with Crippen LogP contribution in [-0.2, 0) is 4.74 Å². The summed E-state index contributed by atoms with van der Waals surface area (Å²) in [7, 11) is 1.81. The second-order valence-electron chi connectivity index (χ2n) is 7.54. The highest BCUT2D eigenvalue weighted by Gasteiger charge is 2.29. The largest absolute Gasteiger partial charge is 0.444 e. The van der Waals surface area contributed by atoms with Crippen LogP contribution >= 0.6 is 0 Å². The average Bonchev–Trinajstić information content (AvgIpc) is 2.93. The number of amides is 1. The van der Waals surface area contributed by atoms with Crippen molar-refractivity contribution in [3.63, 3.8) is 0 Å².